The minimum absolute atomic E-state index is 0.128. The van der Waals surface area contributed by atoms with Gasteiger partial charge in [-0.2, -0.15) is 17.0 Å². The van der Waals surface area contributed by atoms with Crippen molar-refractivity contribution in [2.24, 2.45) is 0 Å². The molecule has 0 amide bonds. The Morgan fingerprint density at radius 3 is 2.00 bits per heavy atom. The summed E-state index contributed by atoms with van der Waals surface area (Å²) in [6.07, 6.45) is 5.89. The van der Waals surface area contributed by atoms with Gasteiger partial charge in [-0.15, -0.1) is 0 Å². The van der Waals surface area contributed by atoms with Crippen LogP contribution in [0.15, 0.2) is 0 Å². The summed E-state index contributed by atoms with van der Waals surface area (Å²) >= 11 is 0. The van der Waals surface area contributed by atoms with Gasteiger partial charge in [-0.05, 0) is 25.8 Å². The summed E-state index contributed by atoms with van der Waals surface area (Å²) in [4.78, 5) is 2.15. The summed E-state index contributed by atoms with van der Waals surface area (Å²) in [6, 6.07) is 0.128. The molecular formula is C16H34N4O4S2. The van der Waals surface area contributed by atoms with Gasteiger partial charge in [0, 0.05) is 53.4 Å². The van der Waals surface area contributed by atoms with E-state index in [0.29, 0.717) is 39.1 Å². The molecule has 26 heavy (non-hydrogen) atoms. The molecule has 2 fully saturated rings. The number of hydrogen-bond acceptors (Lipinski definition) is 5. The molecule has 1 heterocycles. The van der Waals surface area contributed by atoms with Gasteiger partial charge in [0.05, 0.1) is 5.75 Å². The van der Waals surface area contributed by atoms with Crippen molar-refractivity contribution < 1.29 is 16.8 Å². The molecule has 1 saturated carbocycles. The molecule has 0 bridgehead atoms. The molecule has 10 heteroatoms. The number of rotatable bonds is 8. The van der Waals surface area contributed by atoms with Crippen LogP contribution < -0.4 is 0 Å². The molecule has 1 aliphatic carbocycles. The first-order valence-corrected chi connectivity index (χ1v) is 12.5. The molecule has 0 aromatic carbocycles. The quantitative estimate of drug-likeness (QED) is 0.578. The van der Waals surface area contributed by atoms with Gasteiger partial charge in [-0.1, -0.05) is 19.3 Å². The third-order valence-corrected chi connectivity index (χ3v) is 9.50. The molecule has 154 valence electrons. The smallest absolute Gasteiger partial charge is 0.282 e. The van der Waals surface area contributed by atoms with Crippen LogP contribution in [-0.2, 0) is 20.2 Å². The van der Waals surface area contributed by atoms with Crippen molar-refractivity contribution in [1.29, 1.82) is 0 Å². The summed E-state index contributed by atoms with van der Waals surface area (Å²) in [5.74, 6) is 0.128. The van der Waals surface area contributed by atoms with Crippen LogP contribution in [0, 0.1) is 0 Å². The van der Waals surface area contributed by atoms with E-state index in [1.54, 1.807) is 29.8 Å². The van der Waals surface area contributed by atoms with Crippen molar-refractivity contribution in [2.75, 3.05) is 59.6 Å². The predicted octanol–water partition coefficient (Wildman–Crippen LogP) is 0.395. The van der Waals surface area contributed by atoms with Crippen LogP contribution in [-0.4, -0.2) is 100 Å². The molecule has 0 spiro atoms. The lowest BCUT2D eigenvalue weighted by Gasteiger charge is -2.38. The second-order valence-electron chi connectivity index (χ2n) is 7.51. The maximum atomic E-state index is 12.9. The minimum Gasteiger partial charge on any atom is -0.301 e. The van der Waals surface area contributed by atoms with E-state index in [9.17, 15) is 16.8 Å². The Balaban J connectivity index is 1.80. The van der Waals surface area contributed by atoms with Crippen LogP contribution in [0.2, 0.25) is 0 Å². The van der Waals surface area contributed by atoms with E-state index in [1.807, 2.05) is 0 Å². The largest absolute Gasteiger partial charge is 0.301 e. The summed E-state index contributed by atoms with van der Waals surface area (Å²) in [5, 5.41) is 0. The van der Waals surface area contributed by atoms with Crippen LogP contribution in [0.25, 0.3) is 0 Å². The van der Waals surface area contributed by atoms with Crippen LogP contribution in [0.1, 0.15) is 38.5 Å². The fraction of sp³-hybridized carbons (Fsp3) is 1.00. The van der Waals surface area contributed by atoms with Gasteiger partial charge in [-0.3, -0.25) is 0 Å². The number of piperazine rings is 1. The predicted molar refractivity (Wildman–Crippen MR) is 104 cm³/mol. The fourth-order valence-corrected chi connectivity index (χ4v) is 6.09. The van der Waals surface area contributed by atoms with Crippen molar-refractivity contribution in [3.05, 3.63) is 0 Å². The monoisotopic (exact) mass is 410 g/mol. The van der Waals surface area contributed by atoms with Gasteiger partial charge >= 0.3 is 0 Å². The summed E-state index contributed by atoms with van der Waals surface area (Å²) < 4.78 is 53.7. The van der Waals surface area contributed by atoms with E-state index < -0.39 is 20.2 Å². The highest BCUT2D eigenvalue weighted by atomic mass is 32.2. The highest BCUT2D eigenvalue weighted by Crippen LogP contribution is 2.25. The van der Waals surface area contributed by atoms with Crippen LogP contribution in [0.4, 0.5) is 0 Å². The lowest BCUT2D eigenvalue weighted by Crippen LogP contribution is -2.54. The zero-order valence-corrected chi connectivity index (χ0v) is 17.9. The van der Waals surface area contributed by atoms with Gasteiger partial charge in [0.2, 0.25) is 10.0 Å². The average molecular weight is 411 g/mol. The zero-order chi connectivity index (χ0) is 19.4. The molecule has 0 unspecified atom stereocenters. The lowest BCUT2D eigenvalue weighted by atomic mass is 9.96. The van der Waals surface area contributed by atoms with Gasteiger partial charge in [0.1, 0.15) is 0 Å². The Bertz CT molecular complexity index is 637. The third kappa shape index (κ3) is 5.62. The van der Waals surface area contributed by atoms with E-state index in [4.69, 9.17) is 0 Å². The molecule has 1 saturated heterocycles. The molecule has 0 aromatic rings. The molecule has 2 rings (SSSR count). The van der Waals surface area contributed by atoms with Crippen molar-refractivity contribution >= 4 is 20.2 Å². The molecule has 1 aliphatic heterocycles. The van der Waals surface area contributed by atoms with Crippen molar-refractivity contribution in [2.45, 2.75) is 44.6 Å². The highest BCUT2D eigenvalue weighted by molar-refractivity contribution is 7.89. The van der Waals surface area contributed by atoms with Crippen molar-refractivity contribution in [3.63, 3.8) is 0 Å². The first-order valence-electron chi connectivity index (χ1n) is 9.50. The first-order chi connectivity index (χ1) is 12.1. The second kappa shape index (κ2) is 9.29. The average Bonchev–Trinajstić information content (AvgIpc) is 2.62. The van der Waals surface area contributed by atoms with Gasteiger partial charge in [0.15, 0.2) is 0 Å². The Morgan fingerprint density at radius 1 is 0.885 bits per heavy atom. The minimum atomic E-state index is -3.40. The van der Waals surface area contributed by atoms with Crippen molar-refractivity contribution in [1.82, 2.24) is 17.8 Å². The Morgan fingerprint density at radius 2 is 1.46 bits per heavy atom. The molecule has 0 N–H and O–H groups in total. The zero-order valence-electron chi connectivity index (χ0n) is 16.3. The van der Waals surface area contributed by atoms with Crippen LogP contribution >= 0.6 is 0 Å². The van der Waals surface area contributed by atoms with Gasteiger partial charge < -0.3 is 4.90 Å². The number of nitrogens with zero attached hydrogens (tertiary/aromatic N) is 4. The standard InChI is InChI=1S/C16H34N4O4S2/c1-17(2)25(21,22)15-7-10-19-11-13-20(14-12-19)26(23,24)18(3)16-8-5-4-6-9-16/h16H,4-15H2,1-3H3. The normalized spacial score (nSPS) is 22.3. The third-order valence-electron chi connectivity index (χ3n) is 5.54. The molecule has 2 aliphatic rings. The van der Waals surface area contributed by atoms with Gasteiger partial charge in [0.25, 0.3) is 10.2 Å². The molecule has 0 radical (unpaired) electrons. The van der Waals surface area contributed by atoms with Gasteiger partial charge in [-0.25, -0.2) is 12.7 Å². The van der Waals surface area contributed by atoms with Crippen LogP contribution in [0.5, 0.6) is 0 Å². The Labute approximate surface area is 159 Å². The summed E-state index contributed by atoms with van der Waals surface area (Å²) in [5.41, 5.74) is 0. The van der Waals surface area contributed by atoms with E-state index in [2.05, 4.69) is 4.90 Å². The highest BCUT2D eigenvalue weighted by Gasteiger charge is 2.34. The first kappa shape index (κ1) is 22.0. The fourth-order valence-electron chi connectivity index (χ4n) is 3.65. The SMILES string of the molecule is CN(C)S(=O)(=O)CCCN1CCN(S(=O)(=O)N(C)C2CCCCC2)CC1. The molecular weight excluding hydrogens is 376 g/mol. The Kier molecular flexibility index (Phi) is 7.87. The van der Waals surface area contributed by atoms with E-state index >= 15 is 0 Å². The van der Waals surface area contributed by atoms with E-state index in [1.165, 1.54) is 10.7 Å². The van der Waals surface area contributed by atoms with Crippen molar-refractivity contribution in [3.8, 4) is 0 Å². The summed E-state index contributed by atoms with van der Waals surface area (Å²) in [7, 11) is -1.77. The molecule has 0 aromatic heterocycles. The van der Waals surface area contributed by atoms with E-state index in [0.717, 1.165) is 25.7 Å². The maximum absolute atomic E-state index is 12.9. The number of hydrogen-bond donors (Lipinski definition) is 0. The molecule has 8 nitrogen and oxygen atoms in total. The summed E-state index contributed by atoms with van der Waals surface area (Å²) in [6.45, 7) is 2.93. The van der Waals surface area contributed by atoms with Crippen LogP contribution in [0.3, 0.4) is 0 Å². The van der Waals surface area contributed by atoms with E-state index in [-0.39, 0.29) is 11.8 Å². The number of sulfonamides is 1. The lowest BCUT2D eigenvalue weighted by molar-refractivity contribution is 0.176. The maximum Gasteiger partial charge on any atom is 0.282 e. The Hall–Kier alpha value is -0.260. The molecule has 0 atom stereocenters. The topological polar surface area (TPSA) is 81.2 Å². The second-order valence-corrected chi connectivity index (χ2v) is 11.8.